The van der Waals surface area contributed by atoms with Gasteiger partial charge in [0.2, 0.25) is 6.79 Å². The van der Waals surface area contributed by atoms with E-state index in [1.807, 2.05) is 29.6 Å². The Kier molecular flexibility index (Phi) is 3.40. The zero-order chi connectivity index (χ0) is 13.2. The number of halogens is 1. The van der Waals surface area contributed by atoms with Crippen LogP contribution in [0, 0.1) is 0 Å². The highest BCUT2D eigenvalue weighted by Crippen LogP contribution is 2.37. The van der Waals surface area contributed by atoms with E-state index in [4.69, 9.17) is 9.47 Å². The number of hydrogen-bond acceptors (Lipinski definition) is 4. The van der Waals surface area contributed by atoms with Crippen LogP contribution >= 0.6 is 27.3 Å². The summed E-state index contributed by atoms with van der Waals surface area (Å²) < 4.78 is 11.5. The Labute approximate surface area is 122 Å². The second kappa shape index (κ2) is 5.19. The summed E-state index contributed by atoms with van der Waals surface area (Å²) in [7, 11) is 0. The number of fused-ring (bicyclic) bond motifs is 1. The Bertz CT molecular complexity index is 647. The fourth-order valence-electron chi connectivity index (χ4n) is 1.73. The molecule has 5 heteroatoms. The maximum absolute atomic E-state index is 11.9. The fourth-order valence-corrected chi connectivity index (χ4v) is 2.83. The molecule has 0 saturated carbocycles. The molecular formula is C14H9BrO3S. The van der Waals surface area contributed by atoms with Gasteiger partial charge >= 0.3 is 0 Å². The summed E-state index contributed by atoms with van der Waals surface area (Å²) in [5.41, 5.74) is 0.883. The molecule has 0 radical (unpaired) electrons. The number of carbonyl (C=O) groups excluding carboxylic acids is 1. The predicted molar refractivity (Wildman–Crippen MR) is 77.9 cm³/mol. The van der Waals surface area contributed by atoms with E-state index >= 15 is 0 Å². The SMILES string of the molecule is O=C(/C=C/c1cc2c(cc1Br)OCO2)c1cccs1. The van der Waals surface area contributed by atoms with Gasteiger partial charge in [-0.3, -0.25) is 4.79 Å². The van der Waals surface area contributed by atoms with E-state index in [0.29, 0.717) is 11.5 Å². The van der Waals surface area contributed by atoms with Crippen molar-refractivity contribution in [1.29, 1.82) is 0 Å². The topological polar surface area (TPSA) is 35.5 Å². The lowest BCUT2D eigenvalue weighted by atomic mass is 10.1. The minimum absolute atomic E-state index is 0.000401. The molecule has 3 rings (SSSR count). The maximum Gasteiger partial charge on any atom is 0.231 e. The monoisotopic (exact) mass is 336 g/mol. The van der Waals surface area contributed by atoms with Crippen molar-refractivity contribution in [1.82, 2.24) is 0 Å². The highest BCUT2D eigenvalue weighted by Gasteiger charge is 2.15. The van der Waals surface area contributed by atoms with E-state index in [1.54, 1.807) is 12.2 Å². The van der Waals surface area contributed by atoms with Crippen LogP contribution < -0.4 is 9.47 Å². The Morgan fingerprint density at radius 3 is 2.84 bits per heavy atom. The molecule has 0 N–H and O–H groups in total. The Morgan fingerprint density at radius 2 is 2.11 bits per heavy atom. The summed E-state index contributed by atoms with van der Waals surface area (Å²) >= 11 is 4.89. The molecule has 0 fully saturated rings. The van der Waals surface area contributed by atoms with Crippen LogP contribution in [-0.4, -0.2) is 12.6 Å². The van der Waals surface area contributed by atoms with E-state index in [2.05, 4.69) is 15.9 Å². The number of ketones is 1. The standard InChI is InChI=1S/C14H9BrO3S/c15-10-7-13-12(17-8-18-13)6-9(10)3-4-11(16)14-2-1-5-19-14/h1-7H,8H2/b4-3+. The van der Waals surface area contributed by atoms with Gasteiger partial charge in [-0.2, -0.15) is 0 Å². The van der Waals surface area contributed by atoms with Gasteiger partial charge in [-0.1, -0.05) is 22.0 Å². The van der Waals surface area contributed by atoms with Crippen molar-refractivity contribution in [2.24, 2.45) is 0 Å². The largest absolute Gasteiger partial charge is 0.454 e. The van der Waals surface area contributed by atoms with Crippen LogP contribution in [0.4, 0.5) is 0 Å². The molecule has 0 bridgehead atoms. The number of thiophene rings is 1. The summed E-state index contributed by atoms with van der Waals surface area (Å²) in [6.45, 7) is 0.239. The number of ether oxygens (including phenoxy) is 2. The molecule has 1 aromatic heterocycles. The first-order valence-corrected chi connectivity index (χ1v) is 7.26. The van der Waals surface area contributed by atoms with Gasteiger partial charge in [0.05, 0.1) is 4.88 Å². The molecule has 19 heavy (non-hydrogen) atoms. The molecule has 0 spiro atoms. The van der Waals surface area contributed by atoms with Crippen LogP contribution in [0.15, 0.2) is 40.2 Å². The molecule has 0 saturated heterocycles. The van der Waals surface area contributed by atoms with Crippen LogP contribution in [-0.2, 0) is 0 Å². The summed E-state index contributed by atoms with van der Waals surface area (Å²) in [6, 6.07) is 7.37. The van der Waals surface area contributed by atoms with Gasteiger partial charge < -0.3 is 9.47 Å². The first kappa shape index (κ1) is 12.4. The van der Waals surface area contributed by atoms with E-state index in [-0.39, 0.29) is 12.6 Å². The number of rotatable bonds is 3. The second-order valence-electron chi connectivity index (χ2n) is 3.90. The van der Waals surface area contributed by atoms with E-state index < -0.39 is 0 Å². The van der Waals surface area contributed by atoms with E-state index in [9.17, 15) is 4.79 Å². The van der Waals surface area contributed by atoms with Gasteiger partial charge in [0.15, 0.2) is 17.3 Å². The van der Waals surface area contributed by atoms with Crippen molar-refractivity contribution in [3.63, 3.8) is 0 Å². The van der Waals surface area contributed by atoms with Gasteiger partial charge in [-0.05, 0) is 41.3 Å². The molecule has 3 nitrogen and oxygen atoms in total. The Balaban J connectivity index is 1.85. The second-order valence-corrected chi connectivity index (χ2v) is 5.70. The highest BCUT2D eigenvalue weighted by atomic mass is 79.9. The van der Waals surface area contributed by atoms with E-state index in [0.717, 1.165) is 14.9 Å². The lowest BCUT2D eigenvalue weighted by Gasteiger charge is -2.01. The van der Waals surface area contributed by atoms with Crippen LogP contribution in [0.5, 0.6) is 11.5 Å². The first-order valence-electron chi connectivity index (χ1n) is 5.59. The molecule has 2 heterocycles. The first-order chi connectivity index (χ1) is 9.24. The van der Waals surface area contributed by atoms with Crippen LogP contribution in [0.2, 0.25) is 0 Å². The summed E-state index contributed by atoms with van der Waals surface area (Å²) in [4.78, 5) is 12.6. The Hall–Kier alpha value is -1.59. The normalized spacial score (nSPS) is 13.1. The molecule has 0 atom stereocenters. The number of carbonyl (C=O) groups is 1. The van der Waals surface area contributed by atoms with Crippen LogP contribution in [0.1, 0.15) is 15.2 Å². The van der Waals surface area contributed by atoms with Crippen molar-refractivity contribution in [2.45, 2.75) is 0 Å². The lowest BCUT2D eigenvalue weighted by molar-refractivity contribution is 0.105. The minimum Gasteiger partial charge on any atom is -0.454 e. The van der Waals surface area contributed by atoms with Crippen molar-refractivity contribution in [2.75, 3.05) is 6.79 Å². The Morgan fingerprint density at radius 1 is 1.32 bits per heavy atom. The molecule has 2 aromatic rings. The summed E-state index contributed by atoms with van der Waals surface area (Å²) in [5, 5.41) is 1.89. The molecular weight excluding hydrogens is 328 g/mol. The molecule has 96 valence electrons. The molecule has 0 aliphatic carbocycles. The van der Waals surface area contributed by atoms with Crippen molar-refractivity contribution in [3.05, 3.63) is 50.6 Å². The molecule has 1 aliphatic heterocycles. The minimum atomic E-state index is -0.000401. The van der Waals surface area contributed by atoms with Crippen molar-refractivity contribution in [3.8, 4) is 11.5 Å². The lowest BCUT2D eigenvalue weighted by Crippen LogP contribution is -1.92. The van der Waals surface area contributed by atoms with Gasteiger partial charge in [0.25, 0.3) is 0 Å². The number of benzene rings is 1. The predicted octanol–water partition coefficient (Wildman–Crippen LogP) is 4.14. The molecule has 0 amide bonds. The number of allylic oxidation sites excluding steroid dienone is 1. The smallest absolute Gasteiger partial charge is 0.231 e. The van der Waals surface area contributed by atoms with Crippen LogP contribution in [0.25, 0.3) is 6.08 Å². The summed E-state index contributed by atoms with van der Waals surface area (Å²) in [5.74, 6) is 1.42. The van der Waals surface area contributed by atoms with Gasteiger partial charge in [0, 0.05) is 4.47 Å². The highest BCUT2D eigenvalue weighted by molar-refractivity contribution is 9.10. The van der Waals surface area contributed by atoms with Crippen molar-refractivity contribution >= 4 is 39.1 Å². The average Bonchev–Trinajstić information content (AvgIpc) is 3.06. The van der Waals surface area contributed by atoms with Crippen LogP contribution in [0.3, 0.4) is 0 Å². The van der Waals surface area contributed by atoms with E-state index in [1.165, 1.54) is 11.3 Å². The third-order valence-corrected chi connectivity index (χ3v) is 4.24. The van der Waals surface area contributed by atoms with Crippen molar-refractivity contribution < 1.29 is 14.3 Å². The molecule has 0 unspecified atom stereocenters. The average molecular weight is 337 g/mol. The zero-order valence-electron chi connectivity index (χ0n) is 9.76. The third-order valence-electron chi connectivity index (χ3n) is 2.67. The molecule has 1 aliphatic rings. The zero-order valence-corrected chi connectivity index (χ0v) is 12.2. The molecule has 1 aromatic carbocycles. The van der Waals surface area contributed by atoms with Gasteiger partial charge in [-0.15, -0.1) is 11.3 Å². The summed E-state index contributed by atoms with van der Waals surface area (Å²) in [6.07, 6.45) is 3.34. The van der Waals surface area contributed by atoms with Gasteiger partial charge in [0.1, 0.15) is 0 Å². The maximum atomic E-state index is 11.9. The van der Waals surface area contributed by atoms with Gasteiger partial charge in [-0.25, -0.2) is 0 Å². The number of hydrogen-bond donors (Lipinski definition) is 0. The quantitative estimate of drug-likeness (QED) is 0.624. The third kappa shape index (κ3) is 2.57. The fraction of sp³-hybridized carbons (Fsp3) is 0.0714.